The monoisotopic (exact) mass is 444 g/mol. The van der Waals surface area contributed by atoms with Gasteiger partial charge >= 0.3 is 0 Å². The van der Waals surface area contributed by atoms with Gasteiger partial charge in [0, 0.05) is 60.0 Å². The molecule has 0 amide bonds. The van der Waals surface area contributed by atoms with Gasteiger partial charge in [0.1, 0.15) is 10.8 Å². The number of carbonyl (C=O) groups excluding carboxylic acids is 1. The molecule has 0 radical (unpaired) electrons. The van der Waals surface area contributed by atoms with Gasteiger partial charge in [-0.3, -0.25) is 4.79 Å². The number of rotatable bonds is 5. The number of benzene rings is 1. The lowest BCUT2D eigenvalue weighted by atomic mass is 10.1. The summed E-state index contributed by atoms with van der Waals surface area (Å²) in [6.45, 7) is 5.81. The van der Waals surface area contributed by atoms with Crippen molar-refractivity contribution in [3.8, 4) is 10.6 Å². The molecule has 4 heterocycles. The maximum absolute atomic E-state index is 13.0. The molecule has 0 N–H and O–H groups in total. The fourth-order valence-corrected chi connectivity index (χ4v) is 4.66. The van der Waals surface area contributed by atoms with Crippen LogP contribution in [0.3, 0.4) is 0 Å². The Balaban J connectivity index is 1.36. The van der Waals surface area contributed by atoms with Crippen molar-refractivity contribution in [3.05, 3.63) is 64.9 Å². The van der Waals surface area contributed by atoms with Crippen LogP contribution in [0.2, 0.25) is 0 Å². The summed E-state index contributed by atoms with van der Waals surface area (Å²) in [5.41, 5.74) is 4.18. The fourth-order valence-electron chi connectivity index (χ4n) is 3.86. The molecule has 1 aromatic carbocycles. The van der Waals surface area contributed by atoms with E-state index in [1.165, 1.54) is 0 Å². The Hall–Kier alpha value is -3.23. The van der Waals surface area contributed by atoms with Crippen LogP contribution in [0.15, 0.2) is 48.0 Å². The summed E-state index contributed by atoms with van der Waals surface area (Å²) in [6.07, 6.45) is 1.92. The number of fused-ring (bicyclic) bond motifs is 1. The second-order valence-electron chi connectivity index (χ2n) is 8.20. The van der Waals surface area contributed by atoms with Crippen molar-refractivity contribution in [1.29, 1.82) is 0 Å². The van der Waals surface area contributed by atoms with Gasteiger partial charge < -0.3 is 9.80 Å². The molecule has 0 aliphatic carbocycles. The number of likely N-dealkylation sites (N-methyl/N-ethyl adjacent to an activating group) is 1. The van der Waals surface area contributed by atoms with Gasteiger partial charge in [0.2, 0.25) is 0 Å². The van der Waals surface area contributed by atoms with E-state index in [9.17, 15) is 4.79 Å². The van der Waals surface area contributed by atoms with E-state index in [0.717, 1.165) is 59.2 Å². The van der Waals surface area contributed by atoms with Gasteiger partial charge in [0.25, 0.3) is 0 Å². The summed E-state index contributed by atoms with van der Waals surface area (Å²) in [7, 11) is 2.12. The first-order chi connectivity index (χ1) is 15.5. The molecular weight excluding hydrogens is 420 g/mol. The number of pyridine rings is 1. The maximum atomic E-state index is 13.0. The zero-order valence-electron chi connectivity index (χ0n) is 18.2. The van der Waals surface area contributed by atoms with E-state index in [0.29, 0.717) is 11.3 Å². The van der Waals surface area contributed by atoms with Crippen LogP contribution in [0.5, 0.6) is 0 Å². The highest BCUT2D eigenvalue weighted by molar-refractivity contribution is 7.13. The van der Waals surface area contributed by atoms with E-state index in [-0.39, 0.29) is 12.2 Å². The zero-order chi connectivity index (χ0) is 22.1. The van der Waals surface area contributed by atoms with Crippen molar-refractivity contribution in [3.63, 3.8) is 0 Å². The SMILES string of the molecule is Cc1csc(-c2ccc3nnc(CC(=O)c4ccnc(N5CCN(C)CC5)c4)cc3c2)n1. The highest BCUT2D eigenvalue weighted by Gasteiger charge is 2.17. The Kier molecular flexibility index (Phi) is 5.63. The van der Waals surface area contributed by atoms with Gasteiger partial charge in [-0.15, -0.1) is 11.3 Å². The number of ketones is 1. The summed E-state index contributed by atoms with van der Waals surface area (Å²) in [5, 5.41) is 12.6. The number of piperazine rings is 1. The topological polar surface area (TPSA) is 75.1 Å². The molecule has 0 spiro atoms. The third kappa shape index (κ3) is 4.37. The number of thiazole rings is 1. The predicted octanol–water partition coefficient (Wildman–Crippen LogP) is 3.63. The summed E-state index contributed by atoms with van der Waals surface area (Å²) >= 11 is 1.62. The number of aryl methyl sites for hydroxylation is 1. The Morgan fingerprint density at radius 3 is 2.69 bits per heavy atom. The van der Waals surface area contributed by atoms with Crippen molar-refractivity contribution in [2.75, 3.05) is 38.1 Å². The van der Waals surface area contributed by atoms with Crippen molar-refractivity contribution in [1.82, 2.24) is 25.1 Å². The molecule has 7 nitrogen and oxygen atoms in total. The van der Waals surface area contributed by atoms with E-state index in [2.05, 4.69) is 43.1 Å². The number of hydrogen-bond acceptors (Lipinski definition) is 8. The Labute approximate surface area is 190 Å². The minimum atomic E-state index is 0.0168. The lowest BCUT2D eigenvalue weighted by Gasteiger charge is -2.33. The number of Topliss-reactive ketones (excluding diaryl/α,β-unsaturated/α-hetero) is 1. The number of hydrogen-bond donors (Lipinski definition) is 0. The summed E-state index contributed by atoms with van der Waals surface area (Å²) in [6, 6.07) is 11.6. The lowest BCUT2D eigenvalue weighted by molar-refractivity contribution is 0.0991. The minimum Gasteiger partial charge on any atom is -0.354 e. The molecule has 5 rings (SSSR count). The van der Waals surface area contributed by atoms with Gasteiger partial charge in [0.05, 0.1) is 17.6 Å². The molecule has 0 unspecified atom stereocenters. The van der Waals surface area contributed by atoms with E-state index in [1.54, 1.807) is 23.6 Å². The number of anilines is 1. The Morgan fingerprint density at radius 1 is 1.06 bits per heavy atom. The molecule has 162 valence electrons. The molecule has 1 fully saturated rings. The number of carbonyl (C=O) groups is 1. The minimum absolute atomic E-state index is 0.0168. The van der Waals surface area contributed by atoms with E-state index < -0.39 is 0 Å². The normalized spacial score (nSPS) is 14.8. The van der Waals surface area contributed by atoms with E-state index in [1.807, 2.05) is 36.6 Å². The van der Waals surface area contributed by atoms with Crippen LogP contribution in [0.4, 0.5) is 5.82 Å². The molecule has 32 heavy (non-hydrogen) atoms. The molecular formula is C24H24N6OS. The van der Waals surface area contributed by atoms with Crippen molar-refractivity contribution in [2.45, 2.75) is 13.3 Å². The van der Waals surface area contributed by atoms with Crippen LogP contribution in [0.25, 0.3) is 21.5 Å². The highest BCUT2D eigenvalue weighted by Crippen LogP contribution is 2.26. The number of nitrogens with zero attached hydrogens (tertiary/aromatic N) is 6. The van der Waals surface area contributed by atoms with Crippen LogP contribution >= 0.6 is 11.3 Å². The largest absolute Gasteiger partial charge is 0.354 e. The van der Waals surface area contributed by atoms with Crippen LogP contribution in [0, 0.1) is 6.92 Å². The molecule has 0 bridgehead atoms. The molecule has 4 aromatic rings. The molecule has 0 atom stereocenters. The lowest BCUT2D eigenvalue weighted by Crippen LogP contribution is -2.44. The second kappa shape index (κ2) is 8.72. The van der Waals surface area contributed by atoms with Crippen LogP contribution in [0.1, 0.15) is 21.7 Å². The third-order valence-electron chi connectivity index (χ3n) is 5.74. The quantitative estimate of drug-likeness (QED) is 0.435. The summed E-state index contributed by atoms with van der Waals surface area (Å²) in [5.74, 6) is 0.875. The first-order valence-electron chi connectivity index (χ1n) is 10.7. The average molecular weight is 445 g/mol. The fraction of sp³-hybridized carbons (Fsp3) is 0.292. The highest BCUT2D eigenvalue weighted by atomic mass is 32.1. The van der Waals surface area contributed by atoms with Crippen molar-refractivity contribution >= 4 is 33.8 Å². The van der Waals surface area contributed by atoms with Crippen molar-refractivity contribution in [2.24, 2.45) is 0 Å². The molecule has 1 aliphatic rings. The van der Waals surface area contributed by atoms with Gasteiger partial charge in [-0.2, -0.15) is 10.2 Å². The predicted molar refractivity (Wildman–Crippen MR) is 127 cm³/mol. The molecule has 1 aliphatic heterocycles. The molecule has 3 aromatic heterocycles. The zero-order valence-corrected chi connectivity index (χ0v) is 19.0. The third-order valence-corrected chi connectivity index (χ3v) is 6.75. The maximum Gasteiger partial charge on any atom is 0.169 e. The standard InChI is InChI=1S/C24H24N6OS/c1-16-15-32-24(26-16)18-3-4-21-19(11-18)12-20(27-28-21)14-22(31)17-5-6-25-23(13-17)30-9-7-29(2)8-10-30/h3-6,11-13,15H,7-10,14H2,1-2H3. The average Bonchev–Trinajstić information content (AvgIpc) is 3.25. The van der Waals surface area contributed by atoms with E-state index >= 15 is 0 Å². The summed E-state index contributed by atoms with van der Waals surface area (Å²) in [4.78, 5) is 26.6. The second-order valence-corrected chi connectivity index (χ2v) is 9.05. The van der Waals surface area contributed by atoms with Crippen molar-refractivity contribution < 1.29 is 4.79 Å². The first kappa shape index (κ1) is 20.7. The molecule has 1 saturated heterocycles. The Morgan fingerprint density at radius 2 is 1.91 bits per heavy atom. The van der Waals surface area contributed by atoms with Crippen LogP contribution in [-0.4, -0.2) is 64.1 Å². The summed E-state index contributed by atoms with van der Waals surface area (Å²) < 4.78 is 0. The Bertz CT molecular complexity index is 1280. The molecule has 0 saturated carbocycles. The smallest absolute Gasteiger partial charge is 0.169 e. The van der Waals surface area contributed by atoms with Gasteiger partial charge in [-0.1, -0.05) is 0 Å². The van der Waals surface area contributed by atoms with E-state index in [4.69, 9.17) is 0 Å². The van der Waals surface area contributed by atoms with Crippen LogP contribution in [-0.2, 0) is 6.42 Å². The molecule has 8 heteroatoms. The van der Waals surface area contributed by atoms with Gasteiger partial charge in [0.15, 0.2) is 5.78 Å². The number of aromatic nitrogens is 4. The van der Waals surface area contributed by atoms with Gasteiger partial charge in [-0.05, 0) is 50.4 Å². The van der Waals surface area contributed by atoms with Gasteiger partial charge in [-0.25, -0.2) is 9.97 Å². The first-order valence-corrected chi connectivity index (χ1v) is 11.5. The van der Waals surface area contributed by atoms with Crippen LogP contribution < -0.4 is 4.90 Å².